The van der Waals surface area contributed by atoms with Gasteiger partial charge in [0.05, 0.1) is 6.42 Å². The lowest BCUT2D eigenvalue weighted by molar-refractivity contribution is -0.125. The number of Topliss-reactive ketones (excluding diaryl/α,β-unsaturated/α-hetero) is 1. The van der Waals surface area contributed by atoms with E-state index in [2.05, 4.69) is 10.3 Å². The first kappa shape index (κ1) is 9.85. The Bertz CT molecular complexity index is 295. The Morgan fingerprint density at radius 1 is 1.62 bits per heavy atom. The summed E-state index contributed by atoms with van der Waals surface area (Å²) in [5.74, 6) is -0.351. The highest BCUT2D eigenvalue weighted by molar-refractivity contribution is 7.13. The summed E-state index contributed by atoms with van der Waals surface area (Å²) in [6, 6.07) is 0. The second-order valence-electron chi connectivity index (χ2n) is 2.45. The number of carbonyl (C=O) groups excluding carboxylic acids is 2. The van der Waals surface area contributed by atoms with Crippen molar-refractivity contribution in [2.45, 2.75) is 19.8 Å². The van der Waals surface area contributed by atoms with Crippen molar-refractivity contribution < 1.29 is 9.59 Å². The molecule has 0 aliphatic heterocycles. The van der Waals surface area contributed by atoms with Crippen molar-refractivity contribution in [3.05, 3.63) is 11.6 Å². The lowest BCUT2D eigenvalue weighted by Gasteiger charge is -1.98. The summed E-state index contributed by atoms with van der Waals surface area (Å²) in [7, 11) is 0. The third-order valence-electron chi connectivity index (χ3n) is 1.43. The fraction of sp³-hybridized carbons (Fsp3) is 0.375. The summed E-state index contributed by atoms with van der Waals surface area (Å²) in [5, 5.41) is 4.83. The molecular formula is C8H10N2O2S. The van der Waals surface area contributed by atoms with Gasteiger partial charge in [0.1, 0.15) is 5.78 Å². The predicted octanol–water partition coefficient (Wildman–Crippen LogP) is 1.45. The van der Waals surface area contributed by atoms with Gasteiger partial charge in [-0.1, -0.05) is 6.92 Å². The number of rotatable bonds is 4. The number of thiazole rings is 1. The van der Waals surface area contributed by atoms with Gasteiger partial charge in [-0.3, -0.25) is 9.59 Å². The van der Waals surface area contributed by atoms with E-state index in [-0.39, 0.29) is 18.1 Å². The lowest BCUT2D eigenvalue weighted by Crippen LogP contribution is -2.15. The zero-order valence-electron chi connectivity index (χ0n) is 7.24. The molecule has 0 aromatic carbocycles. The summed E-state index contributed by atoms with van der Waals surface area (Å²) >= 11 is 1.33. The van der Waals surface area contributed by atoms with Crippen LogP contribution in [0.3, 0.4) is 0 Å². The van der Waals surface area contributed by atoms with Gasteiger partial charge in [-0.25, -0.2) is 4.98 Å². The molecule has 0 bridgehead atoms. The molecule has 70 valence electrons. The van der Waals surface area contributed by atoms with Crippen LogP contribution in [0.5, 0.6) is 0 Å². The minimum atomic E-state index is -0.290. The molecule has 1 aromatic heterocycles. The van der Waals surface area contributed by atoms with Crippen LogP contribution in [-0.4, -0.2) is 16.7 Å². The maximum absolute atomic E-state index is 11.1. The molecule has 1 heterocycles. The Labute approximate surface area is 80.0 Å². The third kappa shape index (κ3) is 3.33. The van der Waals surface area contributed by atoms with Crippen LogP contribution in [-0.2, 0) is 9.59 Å². The number of anilines is 1. The van der Waals surface area contributed by atoms with E-state index in [9.17, 15) is 9.59 Å². The SMILES string of the molecule is CCC(=O)CC(=O)Nc1nccs1. The van der Waals surface area contributed by atoms with E-state index in [1.165, 1.54) is 11.3 Å². The second-order valence-corrected chi connectivity index (χ2v) is 3.35. The van der Waals surface area contributed by atoms with Crippen LogP contribution >= 0.6 is 11.3 Å². The van der Waals surface area contributed by atoms with Crippen LogP contribution in [0.25, 0.3) is 0 Å². The van der Waals surface area contributed by atoms with Crippen LogP contribution in [0.2, 0.25) is 0 Å². The van der Waals surface area contributed by atoms with Crippen molar-refractivity contribution in [3.8, 4) is 0 Å². The number of nitrogens with zero attached hydrogens (tertiary/aromatic N) is 1. The largest absolute Gasteiger partial charge is 0.302 e. The Kier molecular flexibility index (Phi) is 3.57. The van der Waals surface area contributed by atoms with Gasteiger partial charge < -0.3 is 5.32 Å². The molecule has 0 aliphatic rings. The van der Waals surface area contributed by atoms with Crippen molar-refractivity contribution in [1.29, 1.82) is 0 Å². The summed E-state index contributed by atoms with van der Waals surface area (Å²) in [5.41, 5.74) is 0. The molecule has 0 atom stereocenters. The standard InChI is InChI=1S/C8H10N2O2S/c1-2-6(11)5-7(12)10-8-9-3-4-13-8/h3-4H,2,5H2,1H3,(H,9,10,12). The maximum atomic E-state index is 11.1. The van der Waals surface area contributed by atoms with Crippen molar-refractivity contribution >= 4 is 28.2 Å². The average Bonchev–Trinajstić information content (AvgIpc) is 2.56. The predicted molar refractivity (Wildman–Crippen MR) is 50.7 cm³/mol. The van der Waals surface area contributed by atoms with Crippen LogP contribution < -0.4 is 5.32 Å². The molecule has 0 saturated heterocycles. The Morgan fingerprint density at radius 3 is 2.92 bits per heavy atom. The topological polar surface area (TPSA) is 59.1 Å². The normalized spacial score (nSPS) is 9.62. The molecule has 1 rings (SSSR count). The molecule has 13 heavy (non-hydrogen) atoms. The van der Waals surface area contributed by atoms with Gasteiger partial charge in [-0.15, -0.1) is 11.3 Å². The molecule has 1 N–H and O–H groups in total. The van der Waals surface area contributed by atoms with E-state index >= 15 is 0 Å². The van der Waals surface area contributed by atoms with Crippen LogP contribution in [0.4, 0.5) is 5.13 Å². The van der Waals surface area contributed by atoms with Gasteiger partial charge >= 0.3 is 0 Å². The molecule has 1 aromatic rings. The maximum Gasteiger partial charge on any atom is 0.233 e. The van der Waals surface area contributed by atoms with Crippen LogP contribution in [0, 0.1) is 0 Å². The van der Waals surface area contributed by atoms with Crippen molar-refractivity contribution in [3.63, 3.8) is 0 Å². The van der Waals surface area contributed by atoms with E-state index in [4.69, 9.17) is 0 Å². The fourth-order valence-electron chi connectivity index (χ4n) is 0.753. The molecule has 0 unspecified atom stereocenters. The molecule has 5 heteroatoms. The highest BCUT2D eigenvalue weighted by atomic mass is 32.1. The molecule has 0 radical (unpaired) electrons. The van der Waals surface area contributed by atoms with E-state index in [1.54, 1.807) is 18.5 Å². The van der Waals surface area contributed by atoms with Gasteiger partial charge in [-0.2, -0.15) is 0 Å². The zero-order valence-corrected chi connectivity index (χ0v) is 8.06. The van der Waals surface area contributed by atoms with E-state index in [0.29, 0.717) is 11.6 Å². The van der Waals surface area contributed by atoms with Gasteiger partial charge in [0.25, 0.3) is 0 Å². The summed E-state index contributed by atoms with van der Waals surface area (Å²) in [4.78, 5) is 25.9. The summed E-state index contributed by atoms with van der Waals surface area (Å²) in [6.45, 7) is 1.74. The fourth-order valence-corrected chi connectivity index (χ4v) is 1.30. The van der Waals surface area contributed by atoms with Gasteiger partial charge in [0, 0.05) is 18.0 Å². The first-order valence-corrected chi connectivity index (χ1v) is 4.81. The molecule has 4 nitrogen and oxygen atoms in total. The van der Waals surface area contributed by atoms with Gasteiger partial charge in [0.15, 0.2) is 5.13 Å². The molecule has 0 saturated carbocycles. The molecule has 0 spiro atoms. The third-order valence-corrected chi connectivity index (χ3v) is 2.12. The Morgan fingerprint density at radius 2 is 2.38 bits per heavy atom. The first-order chi connectivity index (χ1) is 6.22. The quantitative estimate of drug-likeness (QED) is 0.745. The summed E-state index contributed by atoms with van der Waals surface area (Å²) in [6.07, 6.45) is 1.93. The highest BCUT2D eigenvalue weighted by Gasteiger charge is 2.08. The first-order valence-electron chi connectivity index (χ1n) is 3.93. The Balaban J connectivity index is 2.38. The second kappa shape index (κ2) is 4.71. The van der Waals surface area contributed by atoms with Crippen molar-refractivity contribution in [1.82, 2.24) is 4.98 Å². The number of carbonyl (C=O) groups is 2. The molecular weight excluding hydrogens is 188 g/mol. The number of nitrogens with one attached hydrogen (secondary N) is 1. The lowest BCUT2D eigenvalue weighted by atomic mass is 10.2. The van der Waals surface area contributed by atoms with Gasteiger partial charge in [-0.05, 0) is 0 Å². The Hall–Kier alpha value is -1.23. The number of hydrogen-bond acceptors (Lipinski definition) is 4. The van der Waals surface area contributed by atoms with Gasteiger partial charge in [0.2, 0.25) is 5.91 Å². The van der Waals surface area contributed by atoms with E-state index < -0.39 is 0 Å². The van der Waals surface area contributed by atoms with Crippen molar-refractivity contribution in [2.24, 2.45) is 0 Å². The molecule has 0 aliphatic carbocycles. The number of amides is 1. The highest BCUT2D eigenvalue weighted by Crippen LogP contribution is 2.10. The van der Waals surface area contributed by atoms with Crippen LogP contribution in [0.15, 0.2) is 11.6 Å². The number of ketones is 1. The van der Waals surface area contributed by atoms with Crippen molar-refractivity contribution in [2.75, 3.05) is 5.32 Å². The van der Waals surface area contributed by atoms with E-state index in [1.807, 2.05) is 0 Å². The molecule has 1 amide bonds. The minimum absolute atomic E-state index is 0.0594. The number of hydrogen-bond donors (Lipinski definition) is 1. The smallest absolute Gasteiger partial charge is 0.233 e. The summed E-state index contributed by atoms with van der Waals surface area (Å²) < 4.78 is 0. The molecule has 0 fully saturated rings. The number of aromatic nitrogens is 1. The minimum Gasteiger partial charge on any atom is -0.302 e. The average molecular weight is 198 g/mol. The zero-order chi connectivity index (χ0) is 9.68. The monoisotopic (exact) mass is 198 g/mol. The van der Waals surface area contributed by atoms with Crippen LogP contribution in [0.1, 0.15) is 19.8 Å². The van der Waals surface area contributed by atoms with E-state index in [0.717, 1.165) is 0 Å².